The van der Waals surface area contributed by atoms with Crippen LogP contribution in [-0.4, -0.2) is 35.0 Å². The highest BCUT2D eigenvalue weighted by Crippen LogP contribution is 2.44. The van der Waals surface area contributed by atoms with Crippen LogP contribution in [0.4, 0.5) is 5.13 Å². The molecule has 0 aliphatic carbocycles. The number of aliphatic hydroxyl groups excluding tert-OH is 1. The van der Waals surface area contributed by atoms with Gasteiger partial charge in [0, 0.05) is 0 Å². The summed E-state index contributed by atoms with van der Waals surface area (Å²) >= 11 is 1.27. The lowest BCUT2D eigenvalue weighted by Gasteiger charge is -2.24. The molecule has 2 aromatic carbocycles. The smallest absolute Gasteiger partial charge is 0.296 e. The number of nitrogens with zero attached hydrogens (tertiary/aromatic N) is 2. The largest absolute Gasteiger partial charge is 0.503 e. The van der Waals surface area contributed by atoms with Gasteiger partial charge in [-0.25, -0.2) is 4.98 Å². The molecule has 0 fully saturated rings. The minimum Gasteiger partial charge on any atom is -0.503 e. The number of aliphatic hydroxyl groups is 1. The maximum atomic E-state index is 13.4. The molecule has 0 saturated carbocycles. The number of anilines is 1. The van der Waals surface area contributed by atoms with Gasteiger partial charge in [0.1, 0.15) is 18.1 Å². The Bertz CT molecular complexity index is 1470. The van der Waals surface area contributed by atoms with Crippen LogP contribution < -0.4 is 14.4 Å². The minimum absolute atomic E-state index is 0.0211. The van der Waals surface area contributed by atoms with E-state index in [2.05, 4.69) is 11.6 Å². The second-order valence-corrected chi connectivity index (χ2v) is 8.88. The first-order valence-electron chi connectivity index (χ1n) is 11.2. The summed E-state index contributed by atoms with van der Waals surface area (Å²) in [6, 6.07) is 14.6. The highest BCUT2D eigenvalue weighted by molar-refractivity contribution is 7.22. The van der Waals surface area contributed by atoms with Gasteiger partial charge in [-0.15, -0.1) is 0 Å². The predicted octanol–water partition coefficient (Wildman–Crippen LogP) is 5.64. The Morgan fingerprint density at radius 1 is 1.19 bits per heavy atom. The summed E-state index contributed by atoms with van der Waals surface area (Å²) in [5.74, 6) is -0.620. The molecule has 9 heteroatoms. The highest BCUT2D eigenvalue weighted by atomic mass is 32.1. The Kier molecular flexibility index (Phi) is 6.30. The summed E-state index contributed by atoms with van der Waals surface area (Å²) in [6.07, 6.45) is 3.00. The number of thiazole rings is 1. The number of aromatic nitrogens is 1. The lowest BCUT2D eigenvalue weighted by molar-refractivity contribution is -0.117. The van der Waals surface area contributed by atoms with Crippen molar-refractivity contribution in [3.63, 3.8) is 0 Å². The fourth-order valence-corrected chi connectivity index (χ4v) is 5.06. The zero-order chi connectivity index (χ0) is 25.2. The number of benzene rings is 2. The number of Topliss-reactive ketones (excluding diaryl/α,β-unsaturated/α-hetero) is 1. The van der Waals surface area contributed by atoms with Crippen molar-refractivity contribution < 1.29 is 28.6 Å². The van der Waals surface area contributed by atoms with Gasteiger partial charge in [-0.1, -0.05) is 36.1 Å². The molecule has 1 atom stereocenters. The van der Waals surface area contributed by atoms with Crippen LogP contribution in [0.5, 0.6) is 11.5 Å². The Morgan fingerprint density at radius 3 is 2.67 bits per heavy atom. The van der Waals surface area contributed by atoms with Gasteiger partial charge in [-0.05, 0) is 55.0 Å². The van der Waals surface area contributed by atoms with Gasteiger partial charge >= 0.3 is 0 Å². The molecule has 1 N–H and O–H groups in total. The number of ketones is 1. The SMILES string of the molecule is C=CCOc1ccc(C2C(C(=O)c3ccco3)=C(O)C(=O)N2c2nc3ccc(OCC)cc3s2)cc1. The molecular formula is C27H22N2O6S. The van der Waals surface area contributed by atoms with Crippen molar-refractivity contribution in [3.05, 3.63) is 96.2 Å². The Hall–Kier alpha value is -4.37. The second-order valence-electron chi connectivity index (χ2n) is 7.87. The summed E-state index contributed by atoms with van der Waals surface area (Å²) in [4.78, 5) is 32.7. The molecule has 36 heavy (non-hydrogen) atoms. The third-order valence-electron chi connectivity index (χ3n) is 5.63. The van der Waals surface area contributed by atoms with Crippen LogP contribution in [0.25, 0.3) is 10.2 Å². The molecule has 0 spiro atoms. The maximum Gasteiger partial charge on any atom is 0.296 e. The first-order valence-corrected chi connectivity index (χ1v) is 12.1. The van der Waals surface area contributed by atoms with Crippen molar-refractivity contribution in [1.29, 1.82) is 0 Å². The van der Waals surface area contributed by atoms with Crippen LogP contribution >= 0.6 is 11.3 Å². The molecule has 1 aliphatic rings. The number of carbonyl (C=O) groups excluding carboxylic acids is 2. The van der Waals surface area contributed by atoms with E-state index < -0.39 is 23.5 Å². The number of rotatable bonds is 9. The molecule has 1 unspecified atom stereocenters. The molecule has 5 rings (SSSR count). The fourth-order valence-electron chi connectivity index (χ4n) is 4.04. The average Bonchev–Trinajstić information content (AvgIpc) is 3.62. The van der Waals surface area contributed by atoms with E-state index in [-0.39, 0.29) is 11.3 Å². The minimum atomic E-state index is -0.921. The fraction of sp³-hybridized carbons (Fsp3) is 0.148. The number of carbonyl (C=O) groups is 2. The Balaban J connectivity index is 1.60. The van der Waals surface area contributed by atoms with Gasteiger partial charge < -0.3 is 19.0 Å². The van der Waals surface area contributed by atoms with Gasteiger partial charge in [0.05, 0.1) is 34.7 Å². The molecule has 182 valence electrons. The molecule has 4 aromatic rings. The van der Waals surface area contributed by atoms with Crippen molar-refractivity contribution >= 4 is 38.4 Å². The van der Waals surface area contributed by atoms with Gasteiger partial charge in [-0.3, -0.25) is 14.5 Å². The first-order chi connectivity index (χ1) is 17.5. The lowest BCUT2D eigenvalue weighted by Crippen LogP contribution is -2.30. The summed E-state index contributed by atoms with van der Waals surface area (Å²) in [7, 11) is 0. The molecule has 2 aromatic heterocycles. The van der Waals surface area contributed by atoms with E-state index in [0.717, 1.165) is 4.70 Å². The topological polar surface area (TPSA) is 102 Å². The molecule has 0 radical (unpaired) electrons. The average molecular weight is 503 g/mol. The summed E-state index contributed by atoms with van der Waals surface area (Å²) in [5, 5.41) is 11.2. The quantitative estimate of drug-likeness (QED) is 0.234. The van der Waals surface area contributed by atoms with Crippen molar-refractivity contribution in [2.75, 3.05) is 18.1 Å². The van der Waals surface area contributed by atoms with Crippen molar-refractivity contribution in [2.45, 2.75) is 13.0 Å². The molecule has 0 bridgehead atoms. The summed E-state index contributed by atoms with van der Waals surface area (Å²) < 4.78 is 17.2. The number of amides is 1. The zero-order valence-corrected chi connectivity index (χ0v) is 20.2. The van der Waals surface area contributed by atoms with Crippen LogP contribution in [0.3, 0.4) is 0 Å². The van der Waals surface area contributed by atoms with Crippen LogP contribution in [0.15, 0.2) is 89.3 Å². The monoisotopic (exact) mass is 502 g/mol. The van der Waals surface area contributed by atoms with Crippen LogP contribution in [0.1, 0.15) is 29.1 Å². The normalized spacial score (nSPS) is 15.5. The van der Waals surface area contributed by atoms with E-state index in [9.17, 15) is 14.7 Å². The number of hydrogen-bond acceptors (Lipinski definition) is 8. The van der Waals surface area contributed by atoms with E-state index in [0.29, 0.717) is 40.9 Å². The molecule has 1 aliphatic heterocycles. The van der Waals surface area contributed by atoms with E-state index in [4.69, 9.17) is 13.9 Å². The number of furan rings is 1. The van der Waals surface area contributed by atoms with E-state index in [1.165, 1.54) is 28.6 Å². The van der Waals surface area contributed by atoms with Crippen LogP contribution in [-0.2, 0) is 4.79 Å². The molecule has 0 saturated heterocycles. The van der Waals surface area contributed by atoms with Crippen molar-refractivity contribution in [3.8, 4) is 11.5 Å². The second kappa shape index (κ2) is 9.71. The van der Waals surface area contributed by atoms with Crippen LogP contribution in [0.2, 0.25) is 0 Å². The standard InChI is InChI=1S/C27H22N2O6S/c1-3-13-34-17-9-7-16(8-10-17)23-22(24(30)20-6-5-14-35-20)25(31)26(32)29(23)27-28-19-12-11-18(33-4-2)15-21(19)36-27/h3,5-12,14-15,23,31H,1,4,13H2,2H3. The predicted molar refractivity (Wildman–Crippen MR) is 136 cm³/mol. The Morgan fingerprint density at radius 2 is 1.97 bits per heavy atom. The van der Waals surface area contributed by atoms with Crippen molar-refractivity contribution in [2.24, 2.45) is 0 Å². The molecule has 3 heterocycles. The van der Waals surface area contributed by atoms with Crippen LogP contribution in [0, 0.1) is 0 Å². The summed E-state index contributed by atoms with van der Waals surface area (Å²) in [5.41, 5.74) is 1.19. The molecule has 8 nitrogen and oxygen atoms in total. The molecule has 1 amide bonds. The highest BCUT2D eigenvalue weighted by Gasteiger charge is 2.46. The lowest BCUT2D eigenvalue weighted by atomic mass is 9.95. The number of ether oxygens (including phenoxy) is 2. The van der Waals surface area contributed by atoms with Gasteiger partial charge in [-0.2, -0.15) is 0 Å². The van der Waals surface area contributed by atoms with E-state index in [1.807, 2.05) is 25.1 Å². The third kappa shape index (κ3) is 4.14. The first kappa shape index (κ1) is 23.4. The van der Waals surface area contributed by atoms with E-state index in [1.54, 1.807) is 36.4 Å². The summed E-state index contributed by atoms with van der Waals surface area (Å²) in [6.45, 7) is 6.40. The third-order valence-corrected chi connectivity index (χ3v) is 6.64. The van der Waals surface area contributed by atoms with E-state index >= 15 is 0 Å². The zero-order valence-electron chi connectivity index (χ0n) is 19.3. The van der Waals surface area contributed by atoms with Gasteiger partial charge in [0.2, 0.25) is 5.78 Å². The number of fused-ring (bicyclic) bond motifs is 1. The number of hydrogen-bond donors (Lipinski definition) is 1. The van der Waals surface area contributed by atoms with Gasteiger partial charge in [0.15, 0.2) is 16.7 Å². The molecular weight excluding hydrogens is 480 g/mol. The van der Waals surface area contributed by atoms with Crippen molar-refractivity contribution in [1.82, 2.24) is 4.98 Å². The maximum absolute atomic E-state index is 13.4. The Labute approximate surface area is 210 Å². The van der Waals surface area contributed by atoms with Gasteiger partial charge in [0.25, 0.3) is 5.91 Å².